The minimum Gasteiger partial charge on any atom is -0.371 e. The second-order valence-electron chi connectivity index (χ2n) is 5.08. The van der Waals surface area contributed by atoms with Crippen LogP contribution in [0.2, 0.25) is 0 Å². The highest BCUT2D eigenvalue weighted by atomic mass is 32.2. The summed E-state index contributed by atoms with van der Waals surface area (Å²) < 4.78 is 60.8. The second kappa shape index (κ2) is 9.06. The van der Waals surface area contributed by atoms with Crippen molar-refractivity contribution in [1.29, 1.82) is 0 Å². The van der Waals surface area contributed by atoms with Gasteiger partial charge in [-0.3, -0.25) is 9.11 Å². The van der Waals surface area contributed by atoms with Crippen LogP contribution in [-0.2, 0) is 20.2 Å². The largest absolute Gasteiger partial charge is 0.371 e. The molecule has 0 bridgehead atoms. The first-order valence-electron chi connectivity index (χ1n) is 7.16. The highest BCUT2D eigenvalue weighted by molar-refractivity contribution is 7.86. The van der Waals surface area contributed by atoms with Gasteiger partial charge >= 0.3 is 0 Å². The van der Waals surface area contributed by atoms with Gasteiger partial charge in [-0.05, 0) is 37.1 Å². The van der Waals surface area contributed by atoms with Crippen LogP contribution in [0.4, 0.5) is 11.4 Å². The van der Waals surface area contributed by atoms with Crippen molar-refractivity contribution in [2.45, 2.75) is 12.8 Å². The summed E-state index contributed by atoms with van der Waals surface area (Å²) >= 11 is 0. The van der Waals surface area contributed by atoms with Crippen LogP contribution < -0.4 is 4.90 Å². The topological polar surface area (TPSA) is 137 Å². The summed E-state index contributed by atoms with van der Waals surface area (Å²) in [5.41, 5.74) is 1.40. The molecule has 24 heavy (non-hydrogen) atoms. The molecule has 11 heteroatoms. The van der Waals surface area contributed by atoms with E-state index in [1.807, 2.05) is 0 Å². The van der Waals surface area contributed by atoms with Gasteiger partial charge in [0.05, 0.1) is 17.2 Å². The van der Waals surface area contributed by atoms with Gasteiger partial charge in [0.15, 0.2) is 0 Å². The summed E-state index contributed by atoms with van der Waals surface area (Å²) in [6.45, 7) is 0.611. The van der Waals surface area contributed by atoms with E-state index in [0.29, 0.717) is 18.8 Å². The van der Waals surface area contributed by atoms with Gasteiger partial charge in [0.25, 0.3) is 20.2 Å². The van der Waals surface area contributed by atoms with E-state index in [2.05, 4.69) is 10.2 Å². The van der Waals surface area contributed by atoms with Crippen LogP contribution in [0, 0.1) is 0 Å². The van der Waals surface area contributed by atoms with Crippen molar-refractivity contribution in [3.8, 4) is 0 Å². The fourth-order valence-corrected chi connectivity index (χ4v) is 3.08. The van der Waals surface area contributed by atoms with Crippen molar-refractivity contribution in [3.05, 3.63) is 24.3 Å². The molecule has 0 aliphatic rings. The molecule has 9 nitrogen and oxygen atoms in total. The van der Waals surface area contributed by atoms with Crippen molar-refractivity contribution < 1.29 is 25.9 Å². The monoisotopic (exact) mass is 379 g/mol. The van der Waals surface area contributed by atoms with Crippen molar-refractivity contribution in [1.82, 2.24) is 0 Å². The van der Waals surface area contributed by atoms with Crippen molar-refractivity contribution in [2.24, 2.45) is 10.2 Å². The maximum Gasteiger partial charge on any atom is 0.264 e. The van der Waals surface area contributed by atoms with Gasteiger partial charge < -0.3 is 4.90 Å². The fourth-order valence-electron chi connectivity index (χ4n) is 2.09. The number of azo groups is 1. The molecule has 0 saturated heterocycles. The van der Waals surface area contributed by atoms with E-state index in [0.717, 1.165) is 5.69 Å². The predicted octanol–water partition coefficient (Wildman–Crippen LogP) is 1.76. The minimum atomic E-state index is -4.05. The van der Waals surface area contributed by atoms with E-state index in [-0.39, 0.29) is 24.3 Å². The van der Waals surface area contributed by atoms with E-state index in [4.69, 9.17) is 9.11 Å². The third-order valence-electron chi connectivity index (χ3n) is 3.09. The van der Waals surface area contributed by atoms with E-state index in [1.165, 1.54) is 0 Å². The Morgan fingerprint density at radius 3 is 1.75 bits per heavy atom. The molecule has 0 aliphatic carbocycles. The number of benzene rings is 1. The lowest BCUT2D eigenvalue weighted by Crippen LogP contribution is -2.28. The molecular weight excluding hydrogens is 358 g/mol. The predicted molar refractivity (Wildman–Crippen MR) is 91.2 cm³/mol. The zero-order valence-corrected chi connectivity index (χ0v) is 14.9. The zero-order valence-electron chi connectivity index (χ0n) is 13.2. The Bertz CT molecular complexity index is 706. The van der Waals surface area contributed by atoms with Crippen molar-refractivity contribution in [3.63, 3.8) is 0 Å². The van der Waals surface area contributed by atoms with Crippen LogP contribution in [0.1, 0.15) is 12.8 Å². The van der Waals surface area contributed by atoms with E-state index in [1.54, 1.807) is 36.2 Å². The van der Waals surface area contributed by atoms with Gasteiger partial charge in [0.1, 0.15) is 0 Å². The molecule has 0 atom stereocenters. The molecule has 1 rings (SSSR count). The van der Waals surface area contributed by atoms with Crippen LogP contribution in [0.3, 0.4) is 0 Å². The molecule has 1 aromatic carbocycles. The van der Waals surface area contributed by atoms with Crippen LogP contribution in [-0.4, -0.2) is 57.6 Å². The maximum atomic E-state index is 10.8. The molecule has 1 aromatic rings. The average Bonchev–Trinajstić information content (AvgIpc) is 2.44. The quantitative estimate of drug-likeness (QED) is 0.467. The van der Waals surface area contributed by atoms with Crippen molar-refractivity contribution in [2.75, 3.05) is 36.5 Å². The molecule has 0 heterocycles. The van der Waals surface area contributed by atoms with Crippen molar-refractivity contribution >= 4 is 31.6 Å². The van der Waals surface area contributed by atoms with E-state index >= 15 is 0 Å². The second-order valence-corrected chi connectivity index (χ2v) is 8.23. The normalized spacial score (nSPS) is 12.6. The summed E-state index contributed by atoms with van der Waals surface area (Å²) in [7, 11) is -6.55. The van der Waals surface area contributed by atoms with Crippen LogP contribution in [0.5, 0.6) is 0 Å². The first-order valence-corrected chi connectivity index (χ1v) is 10.4. The molecule has 0 spiro atoms. The Morgan fingerprint density at radius 2 is 1.38 bits per heavy atom. The highest BCUT2D eigenvalue weighted by Gasteiger charge is 2.12. The highest BCUT2D eigenvalue weighted by Crippen LogP contribution is 2.20. The maximum absolute atomic E-state index is 10.8. The van der Waals surface area contributed by atoms with Crippen LogP contribution in [0.25, 0.3) is 0 Å². The summed E-state index contributed by atoms with van der Waals surface area (Å²) in [5, 5.41) is 7.53. The molecule has 0 aromatic heterocycles. The molecule has 0 saturated carbocycles. The van der Waals surface area contributed by atoms with Crippen LogP contribution in [0.15, 0.2) is 34.5 Å². The Labute approximate surface area is 141 Å². The fraction of sp³-hybridized carbons (Fsp3) is 0.538. The smallest absolute Gasteiger partial charge is 0.264 e. The third kappa shape index (κ3) is 8.91. The Hall–Kier alpha value is -1.56. The number of hydrogen-bond acceptors (Lipinski definition) is 7. The lowest BCUT2D eigenvalue weighted by molar-refractivity contribution is 0.480. The van der Waals surface area contributed by atoms with Gasteiger partial charge in [-0.25, -0.2) is 0 Å². The first kappa shape index (κ1) is 20.5. The lowest BCUT2D eigenvalue weighted by Gasteiger charge is -2.24. The van der Waals surface area contributed by atoms with Crippen LogP contribution >= 0.6 is 0 Å². The molecule has 136 valence electrons. The number of nitrogens with zero attached hydrogens (tertiary/aromatic N) is 3. The molecule has 0 amide bonds. The molecule has 0 fully saturated rings. The average molecular weight is 379 g/mol. The number of rotatable bonds is 10. The van der Waals surface area contributed by atoms with Gasteiger partial charge in [0, 0.05) is 25.8 Å². The first-order chi connectivity index (χ1) is 11.1. The Morgan fingerprint density at radius 1 is 0.917 bits per heavy atom. The lowest BCUT2D eigenvalue weighted by atomic mass is 10.2. The molecular formula is C13H21N3O6S2. The Kier molecular flexibility index (Phi) is 7.73. The summed E-state index contributed by atoms with van der Waals surface area (Å²) in [6.07, 6.45) is 0.363. The summed E-state index contributed by atoms with van der Waals surface area (Å²) in [4.78, 5) is 1.78. The SMILES string of the molecule is C/N=N/c1ccc(N(CCCS(=O)(=O)O)CCCS(=O)(=O)O)cc1. The van der Waals surface area contributed by atoms with Gasteiger partial charge in [-0.1, -0.05) is 0 Å². The van der Waals surface area contributed by atoms with Gasteiger partial charge in [0.2, 0.25) is 0 Å². The molecule has 0 unspecified atom stereocenters. The number of anilines is 1. The van der Waals surface area contributed by atoms with E-state index in [9.17, 15) is 16.8 Å². The Balaban J connectivity index is 2.78. The molecule has 0 radical (unpaired) electrons. The third-order valence-corrected chi connectivity index (χ3v) is 4.70. The van der Waals surface area contributed by atoms with Gasteiger partial charge in [-0.2, -0.15) is 27.1 Å². The standard InChI is InChI=1S/C13H21N3O6S2/c1-14-15-12-4-6-13(7-5-12)16(8-2-10-23(17,18)19)9-3-11-24(20,21)22/h4-7H,2-3,8-11H2,1H3,(H,17,18,19)(H,20,21,22)/b15-14+. The summed E-state index contributed by atoms with van der Waals surface area (Å²) in [6, 6.07) is 6.96. The minimum absolute atomic E-state index is 0.182. The van der Waals surface area contributed by atoms with E-state index < -0.39 is 20.2 Å². The molecule has 2 N–H and O–H groups in total. The zero-order chi connectivity index (χ0) is 18.2. The summed E-state index contributed by atoms with van der Waals surface area (Å²) in [5.74, 6) is -0.770. The number of hydrogen-bond donors (Lipinski definition) is 2. The molecule has 0 aliphatic heterocycles. The van der Waals surface area contributed by atoms with Gasteiger partial charge in [-0.15, -0.1) is 0 Å².